The third-order valence-electron chi connectivity index (χ3n) is 5.45. The predicted octanol–water partition coefficient (Wildman–Crippen LogP) is 0.364. The van der Waals surface area contributed by atoms with E-state index in [1.807, 2.05) is 34.1 Å². The number of benzene rings is 1. The molecular formula is C20H29N3O4. The molecule has 3 rings (SSSR count). The first kappa shape index (κ1) is 19.6. The number of hydrogen-bond donors (Lipinski definition) is 1. The molecular weight excluding hydrogens is 346 g/mol. The molecule has 1 aromatic rings. The first-order valence-corrected chi connectivity index (χ1v) is 9.54. The Morgan fingerprint density at radius 3 is 2.70 bits per heavy atom. The van der Waals surface area contributed by atoms with Crippen LogP contribution in [-0.2, 0) is 16.0 Å². The molecule has 2 saturated heterocycles. The van der Waals surface area contributed by atoms with E-state index in [0.717, 1.165) is 24.3 Å². The minimum Gasteiger partial charge on any atom is -0.497 e. The van der Waals surface area contributed by atoms with Crippen LogP contribution in [0.15, 0.2) is 24.3 Å². The van der Waals surface area contributed by atoms with Crippen LogP contribution >= 0.6 is 0 Å². The Labute approximate surface area is 160 Å². The first-order valence-electron chi connectivity index (χ1n) is 9.54. The number of methoxy groups -OCH3 is 1. The number of hydrogen-bond acceptors (Lipinski definition) is 5. The smallest absolute Gasteiger partial charge is 0.227 e. The van der Waals surface area contributed by atoms with Crippen LogP contribution in [0.5, 0.6) is 5.75 Å². The van der Waals surface area contributed by atoms with Crippen molar-refractivity contribution in [3.05, 3.63) is 29.8 Å². The van der Waals surface area contributed by atoms with Gasteiger partial charge in [0.25, 0.3) is 0 Å². The van der Waals surface area contributed by atoms with Gasteiger partial charge in [-0.3, -0.25) is 14.5 Å². The lowest BCUT2D eigenvalue weighted by Gasteiger charge is -2.42. The summed E-state index contributed by atoms with van der Waals surface area (Å²) in [7, 11) is 1.61. The van der Waals surface area contributed by atoms with Crippen LogP contribution in [0.2, 0.25) is 0 Å². The SMILES string of the molecule is COc1cccc(CC(=O)N2CCN(C(C)=O)CC2CN2CC[C@H](O)C2)c1. The number of β-amino-alcohol motifs (C(OH)–C–C–N with tert-alkyl or cyclic N) is 1. The maximum atomic E-state index is 13.0. The molecule has 0 bridgehead atoms. The van der Waals surface area contributed by atoms with Gasteiger partial charge < -0.3 is 19.6 Å². The number of carbonyl (C=O) groups is 2. The largest absolute Gasteiger partial charge is 0.497 e. The number of nitrogens with zero attached hydrogens (tertiary/aromatic N) is 3. The lowest BCUT2D eigenvalue weighted by Crippen LogP contribution is -2.59. The average Bonchev–Trinajstić information content (AvgIpc) is 3.06. The summed E-state index contributed by atoms with van der Waals surface area (Å²) in [6, 6.07) is 7.51. The summed E-state index contributed by atoms with van der Waals surface area (Å²) >= 11 is 0. The molecule has 0 saturated carbocycles. The third-order valence-corrected chi connectivity index (χ3v) is 5.45. The fourth-order valence-corrected chi connectivity index (χ4v) is 3.96. The number of likely N-dealkylation sites (tertiary alicyclic amines) is 1. The zero-order chi connectivity index (χ0) is 19.4. The van der Waals surface area contributed by atoms with Crippen molar-refractivity contribution in [1.82, 2.24) is 14.7 Å². The van der Waals surface area contributed by atoms with E-state index in [4.69, 9.17) is 4.74 Å². The number of aliphatic hydroxyl groups excluding tert-OH is 1. The van der Waals surface area contributed by atoms with Crippen LogP contribution in [0.4, 0.5) is 0 Å². The molecule has 2 aliphatic rings. The van der Waals surface area contributed by atoms with Gasteiger partial charge in [0.15, 0.2) is 0 Å². The molecule has 2 atom stereocenters. The van der Waals surface area contributed by atoms with E-state index in [2.05, 4.69) is 4.90 Å². The monoisotopic (exact) mass is 375 g/mol. The molecule has 1 N–H and O–H groups in total. The van der Waals surface area contributed by atoms with Gasteiger partial charge in [-0.1, -0.05) is 12.1 Å². The summed E-state index contributed by atoms with van der Waals surface area (Å²) in [5.74, 6) is 0.849. The Balaban J connectivity index is 1.69. The maximum Gasteiger partial charge on any atom is 0.227 e. The quantitative estimate of drug-likeness (QED) is 0.805. The lowest BCUT2D eigenvalue weighted by atomic mass is 10.1. The first-order chi connectivity index (χ1) is 13.0. The summed E-state index contributed by atoms with van der Waals surface area (Å²) in [5, 5.41) is 9.79. The molecule has 0 radical (unpaired) electrons. The van der Waals surface area contributed by atoms with E-state index in [1.54, 1.807) is 14.0 Å². The number of aliphatic hydroxyl groups is 1. The fraction of sp³-hybridized carbons (Fsp3) is 0.600. The molecule has 2 heterocycles. The average molecular weight is 375 g/mol. The van der Waals surface area contributed by atoms with Crippen molar-refractivity contribution < 1.29 is 19.4 Å². The second-order valence-corrected chi connectivity index (χ2v) is 7.44. The molecule has 2 fully saturated rings. The highest BCUT2D eigenvalue weighted by Gasteiger charge is 2.34. The summed E-state index contributed by atoms with van der Waals surface area (Å²) in [4.78, 5) is 30.7. The molecule has 0 spiro atoms. The molecule has 2 aliphatic heterocycles. The summed E-state index contributed by atoms with van der Waals surface area (Å²) in [6.45, 7) is 5.38. The van der Waals surface area contributed by atoms with Gasteiger partial charge in [-0.25, -0.2) is 0 Å². The van der Waals surface area contributed by atoms with E-state index in [-0.39, 0.29) is 24.0 Å². The Hall–Kier alpha value is -2.12. The summed E-state index contributed by atoms with van der Waals surface area (Å²) in [6.07, 6.45) is 0.788. The van der Waals surface area contributed by atoms with Crippen molar-refractivity contribution in [3.8, 4) is 5.75 Å². The van der Waals surface area contributed by atoms with Crippen molar-refractivity contribution in [2.24, 2.45) is 0 Å². The minimum atomic E-state index is -0.293. The van der Waals surface area contributed by atoms with E-state index in [1.165, 1.54) is 0 Å². The highest BCUT2D eigenvalue weighted by Crippen LogP contribution is 2.19. The number of rotatable bonds is 5. The highest BCUT2D eigenvalue weighted by atomic mass is 16.5. The van der Waals surface area contributed by atoms with Gasteiger partial charge in [0.1, 0.15) is 5.75 Å². The summed E-state index contributed by atoms with van der Waals surface area (Å²) in [5.41, 5.74) is 0.920. The molecule has 1 aromatic carbocycles. The number of carbonyl (C=O) groups excluding carboxylic acids is 2. The van der Waals surface area contributed by atoms with Crippen LogP contribution < -0.4 is 4.74 Å². The molecule has 7 heteroatoms. The minimum absolute atomic E-state index is 0.0429. The van der Waals surface area contributed by atoms with Gasteiger partial charge in [-0.2, -0.15) is 0 Å². The van der Waals surface area contributed by atoms with Crippen molar-refractivity contribution in [2.45, 2.75) is 31.9 Å². The highest BCUT2D eigenvalue weighted by molar-refractivity contribution is 5.80. The number of piperazine rings is 1. The van der Waals surface area contributed by atoms with Crippen molar-refractivity contribution >= 4 is 11.8 Å². The molecule has 7 nitrogen and oxygen atoms in total. The summed E-state index contributed by atoms with van der Waals surface area (Å²) < 4.78 is 5.24. The van der Waals surface area contributed by atoms with Gasteiger partial charge in [0.2, 0.25) is 11.8 Å². The van der Waals surface area contributed by atoms with Gasteiger partial charge in [0.05, 0.1) is 25.7 Å². The van der Waals surface area contributed by atoms with Crippen molar-refractivity contribution in [1.29, 1.82) is 0 Å². The number of amides is 2. The van der Waals surface area contributed by atoms with Crippen LogP contribution in [0.25, 0.3) is 0 Å². The van der Waals surface area contributed by atoms with E-state index in [0.29, 0.717) is 39.1 Å². The topological polar surface area (TPSA) is 73.3 Å². The molecule has 148 valence electrons. The zero-order valence-corrected chi connectivity index (χ0v) is 16.1. The van der Waals surface area contributed by atoms with Crippen LogP contribution in [0.1, 0.15) is 18.9 Å². The van der Waals surface area contributed by atoms with Crippen molar-refractivity contribution in [3.63, 3.8) is 0 Å². The second-order valence-electron chi connectivity index (χ2n) is 7.44. The van der Waals surface area contributed by atoms with E-state index in [9.17, 15) is 14.7 Å². The van der Waals surface area contributed by atoms with Crippen molar-refractivity contribution in [2.75, 3.05) is 46.4 Å². The zero-order valence-electron chi connectivity index (χ0n) is 16.1. The second kappa shape index (κ2) is 8.71. The Morgan fingerprint density at radius 2 is 2.04 bits per heavy atom. The maximum absolute atomic E-state index is 13.0. The van der Waals surface area contributed by atoms with Gasteiger partial charge in [0, 0.05) is 46.2 Å². The molecule has 0 aromatic heterocycles. The Kier molecular flexibility index (Phi) is 6.34. The number of ether oxygens (including phenoxy) is 1. The molecule has 2 amide bonds. The predicted molar refractivity (Wildman–Crippen MR) is 102 cm³/mol. The Morgan fingerprint density at radius 1 is 1.22 bits per heavy atom. The van der Waals surface area contributed by atoms with Crippen LogP contribution in [0, 0.1) is 0 Å². The van der Waals surface area contributed by atoms with Gasteiger partial charge in [-0.15, -0.1) is 0 Å². The molecule has 27 heavy (non-hydrogen) atoms. The lowest BCUT2D eigenvalue weighted by molar-refractivity contribution is -0.142. The fourth-order valence-electron chi connectivity index (χ4n) is 3.96. The molecule has 1 unspecified atom stereocenters. The van der Waals surface area contributed by atoms with Crippen LogP contribution in [0.3, 0.4) is 0 Å². The standard InChI is InChI=1S/C20H29N3O4/c1-15(24)22-8-9-23(17(13-22)12-21-7-6-18(25)14-21)20(26)11-16-4-3-5-19(10-16)27-2/h3-5,10,17-18,25H,6-9,11-14H2,1-2H3/t17?,18-/m0/s1. The van der Waals surface area contributed by atoms with E-state index < -0.39 is 0 Å². The Bertz CT molecular complexity index is 681. The van der Waals surface area contributed by atoms with Crippen LogP contribution in [-0.4, -0.2) is 90.1 Å². The van der Waals surface area contributed by atoms with Gasteiger partial charge in [-0.05, 0) is 24.1 Å². The molecule has 0 aliphatic carbocycles. The van der Waals surface area contributed by atoms with Gasteiger partial charge >= 0.3 is 0 Å². The van der Waals surface area contributed by atoms with E-state index >= 15 is 0 Å². The normalized spacial score (nSPS) is 23.5. The third kappa shape index (κ3) is 4.99.